The van der Waals surface area contributed by atoms with Gasteiger partial charge in [0.25, 0.3) is 0 Å². The smallest absolute Gasteiger partial charge is 0.126 e. The van der Waals surface area contributed by atoms with Crippen LogP contribution in [0.5, 0.6) is 0 Å². The fraction of sp³-hybridized carbons (Fsp3) is 0.438. The maximum Gasteiger partial charge on any atom is 0.126 e. The summed E-state index contributed by atoms with van der Waals surface area (Å²) in [6, 6.07) is 4.79. The molecule has 0 atom stereocenters. The minimum atomic E-state index is -0.359. The molecule has 0 fully saturated rings. The summed E-state index contributed by atoms with van der Waals surface area (Å²) >= 11 is 6.19. The molecule has 1 aromatic carbocycles. The predicted molar refractivity (Wildman–Crippen MR) is 84.2 cm³/mol. The lowest BCUT2D eigenvalue weighted by Crippen LogP contribution is -2.15. The van der Waals surface area contributed by atoms with Gasteiger partial charge in [0.15, 0.2) is 0 Å². The molecule has 0 aliphatic rings. The summed E-state index contributed by atoms with van der Waals surface area (Å²) in [6.45, 7) is 9.21. The zero-order valence-electron chi connectivity index (χ0n) is 12.3. The lowest BCUT2D eigenvalue weighted by atomic mass is 9.90. The largest absolute Gasteiger partial charge is 0.384 e. The summed E-state index contributed by atoms with van der Waals surface area (Å²) < 4.78 is 13.6. The van der Waals surface area contributed by atoms with Crippen molar-refractivity contribution in [2.24, 2.45) is 0 Å². The van der Waals surface area contributed by atoms with Gasteiger partial charge in [0, 0.05) is 34.8 Å². The second kappa shape index (κ2) is 5.57. The highest BCUT2D eigenvalue weighted by atomic mass is 35.5. The standard InChI is InChI=1S/C16H20ClFN2/c1-5-6-19-12-9-14(16(2,3)4)20-13-8-10(18)7-11(17)15(12)13/h7-9H,5-6H2,1-4H3,(H,19,20). The van der Waals surface area contributed by atoms with Crippen molar-refractivity contribution in [3.8, 4) is 0 Å². The van der Waals surface area contributed by atoms with E-state index in [-0.39, 0.29) is 11.2 Å². The van der Waals surface area contributed by atoms with E-state index in [1.54, 1.807) is 0 Å². The SMILES string of the molecule is CCCNc1cc(C(C)(C)C)nc2cc(F)cc(Cl)c12. The Bertz CT molecular complexity index is 632. The first-order chi connectivity index (χ1) is 9.32. The van der Waals surface area contributed by atoms with Crippen molar-refractivity contribution in [2.75, 3.05) is 11.9 Å². The van der Waals surface area contributed by atoms with Crippen LogP contribution >= 0.6 is 11.6 Å². The maximum atomic E-state index is 13.6. The summed E-state index contributed by atoms with van der Waals surface area (Å²) in [5.41, 5.74) is 2.34. The second-order valence-corrected chi connectivity index (χ2v) is 6.42. The third-order valence-electron chi connectivity index (χ3n) is 3.16. The topological polar surface area (TPSA) is 24.9 Å². The molecule has 20 heavy (non-hydrogen) atoms. The average molecular weight is 295 g/mol. The molecule has 0 spiro atoms. The molecule has 1 heterocycles. The molecule has 2 rings (SSSR count). The molecule has 0 radical (unpaired) electrons. The van der Waals surface area contributed by atoms with Crippen LogP contribution < -0.4 is 5.32 Å². The van der Waals surface area contributed by atoms with Crippen LogP contribution in [-0.4, -0.2) is 11.5 Å². The number of hydrogen-bond donors (Lipinski definition) is 1. The van der Waals surface area contributed by atoms with Crippen molar-refractivity contribution in [1.82, 2.24) is 4.98 Å². The molecule has 0 unspecified atom stereocenters. The highest BCUT2D eigenvalue weighted by Crippen LogP contribution is 2.34. The minimum Gasteiger partial charge on any atom is -0.384 e. The predicted octanol–water partition coefficient (Wildman–Crippen LogP) is 5.15. The molecule has 4 heteroatoms. The number of halogens is 2. The number of benzene rings is 1. The number of nitrogens with one attached hydrogen (secondary N) is 1. The molecular formula is C16H20ClFN2. The highest BCUT2D eigenvalue weighted by Gasteiger charge is 2.19. The lowest BCUT2D eigenvalue weighted by molar-refractivity contribution is 0.571. The molecule has 0 amide bonds. The summed E-state index contributed by atoms with van der Waals surface area (Å²) in [5.74, 6) is -0.359. The number of nitrogens with zero attached hydrogens (tertiary/aromatic N) is 1. The quantitative estimate of drug-likeness (QED) is 0.847. The molecule has 0 aliphatic heterocycles. The van der Waals surface area contributed by atoms with E-state index in [0.29, 0.717) is 10.5 Å². The number of pyridine rings is 1. The normalized spacial score (nSPS) is 11.9. The fourth-order valence-electron chi connectivity index (χ4n) is 2.07. The second-order valence-electron chi connectivity index (χ2n) is 6.01. The Morgan fingerprint density at radius 1 is 1.25 bits per heavy atom. The van der Waals surface area contributed by atoms with Crippen LogP contribution in [0.3, 0.4) is 0 Å². The van der Waals surface area contributed by atoms with Gasteiger partial charge in [-0.3, -0.25) is 4.98 Å². The Labute approximate surface area is 124 Å². The van der Waals surface area contributed by atoms with Crippen molar-refractivity contribution in [3.63, 3.8) is 0 Å². The first kappa shape index (κ1) is 15.0. The maximum absolute atomic E-state index is 13.6. The summed E-state index contributed by atoms with van der Waals surface area (Å²) in [5, 5.41) is 4.54. The Morgan fingerprint density at radius 2 is 1.95 bits per heavy atom. The van der Waals surface area contributed by atoms with E-state index in [9.17, 15) is 4.39 Å². The van der Waals surface area contributed by atoms with Crippen LogP contribution in [0.15, 0.2) is 18.2 Å². The van der Waals surface area contributed by atoms with Crippen LogP contribution in [-0.2, 0) is 5.41 Å². The molecule has 0 saturated heterocycles. The van der Waals surface area contributed by atoms with Gasteiger partial charge in [-0.15, -0.1) is 0 Å². The summed E-state index contributed by atoms with van der Waals surface area (Å²) in [6.07, 6.45) is 1.01. The van der Waals surface area contributed by atoms with Gasteiger partial charge in [-0.05, 0) is 18.6 Å². The Hall–Kier alpha value is -1.35. The van der Waals surface area contributed by atoms with Gasteiger partial charge >= 0.3 is 0 Å². The van der Waals surface area contributed by atoms with Crippen molar-refractivity contribution in [2.45, 2.75) is 39.5 Å². The number of rotatable bonds is 3. The van der Waals surface area contributed by atoms with Crippen molar-refractivity contribution < 1.29 is 4.39 Å². The van der Waals surface area contributed by atoms with Gasteiger partial charge in [0.1, 0.15) is 5.82 Å². The molecule has 1 N–H and O–H groups in total. The number of hydrogen-bond acceptors (Lipinski definition) is 2. The van der Waals surface area contributed by atoms with Gasteiger partial charge < -0.3 is 5.32 Å². The zero-order chi connectivity index (χ0) is 14.9. The van der Waals surface area contributed by atoms with E-state index >= 15 is 0 Å². The molecule has 2 nitrogen and oxygen atoms in total. The van der Waals surface area contributed by atoms with Crippen LogP contribution in [0.4, 0.5) is 10.1 Å². The van der Waals surface area contributed by atoms with E-state index < -0.39 is 0 Å². The highest BCUT2D eigenvalue weighted by molar-refractivity contribution is 6.36. The van der Waals surface area contributed by atoms with Crippen molar-refractivity contribution in [1.29, 1.82) is 0 Å². The number of anilines is 1. The fourth-order valence-corrected chi connectivity index (χ4v) is 2.37. The lowest BCUT2D eigenvalue weighted by Gasteiger charge is -2.21. The van der Waals surface area contributed by atoms with Crippen LogP contribution in [0.1, 0.15) is 39.8 Å². The molecule has 0 aliphatic carbocycles. The van der Waals surface area contributed by atoms with Gasteiger partial charge in [0.05, 0.1) is 10.5 Å². The molecule has 1 aromatic heterocycles. The van der Waals surface area contributed by atoms with E-state index in [1.165, 1.54) is 12.1 Å². The van der Waals surface area contributed by atoms with Gasteiger partial charge in [-0.1, -0.05) is 39.3 Å². The van der Waals surface area contributed by atoms with Gasteiger partial charge in [0.2, 0.25) is 0 Å². The first-order valence-electron chi connectivity index (χ1n) is 6.87. The molecule has 0 saturated carbocycles. The van der Waals surface area contributed by atoms with Crippen LogP contribution in [0.2, 0.25) is 5.02 Å². The molecular weight excluding hydrogens is 275 g/mol. The van der Waals surface area contributed by atoms with E-state index in [1.807, 2.05) is 6.07 Å². The van der Waals surface area contributed by atoms with E-state index in [0.717, 1.165) is 29.7 Å². The van der Waals surface area contributed by atoms with Crippen molar-refractivity contribution in [3.05, 3.63) is 34.7 Å². The first-order valence-corrected chi connectivity index (χ1v) is 7.25. The van der Waals surface area contributed by atoms with Crippen LogP contribution in [0, 0.1) is 5.82 Å². The monoisotopic (exact) mass is 294 g/mol. The summed E-state index contributed by atoms with van der Waals surface area (Å²) in [4.78, 5) is 4.57. The van der Waals surface area contributed by atoms with E-state index in [4.69, 9.17) is 11.6 Å². The third-order valence-corrected chi connectivity index (χ3v) is 3.46. The van der Waals surface area contributed by atoms with Gasteiger partial charge in [-0.25, -0.2) is 4.39 Å². The number of aromatic nitrogens is 1. The number of fused-ring (bicyclic) bond motifs is 1. The molecule has 2 aromatic rings. The molecule has 108 valence electrons. The third kappa shape index (κ3) is 3.04. The zero-order valence-corrected chi connectivity index (χ0v) is 13.1. The van der Waals surface area contributed by atoms with Crippen LogP contribution in [0.25, 0.3) is 10.9 Å². The van der Waals surface area contributed by atoms with Gasteiger partial charge in [-0.2, -0.15) is 0 Å². The minimum absolute atomic E-state index is 0.102. The Morgan fingerprint density at radius 3 is 2.55 bits per heavy atom. The molecule has 0 bridgehead atoms. The van der Waals surface area contributed by atoms with E-state index in [2.05, 4.69) is 38.0 Å². The van der Waals surface area contributed by atoms with Crippen molar-refractivity contribution >= 4 is 28.2 Å². The Balaban J connectivity index is 2.71. The average Bonchev–Trinajstić information content (AvgIpc) is 2.33. The Kier molecular flexibility index (Phi) is 4.19. The summed E-state index contributed by atoms with van der Waals surface area (Å²) in [7, 11) is 0.